The molecule has 0 unspecified atom stereocenters. The molecule has 8 nitrogen and oxygen atoms in total. The van der Waals surface area contributed by atoms with Gasteiger partial charge in [0.1, 0.15) is 6.61 Å². The molecule has 0 bridgehead atoms. The van der Waals surface area contributed by atoms with Crippen molar-refractivity contribution in [2.75, 3.05) is 6.54 Å². The van der Waals surface area contributed by atoms with Crippen molar-refractivity contribution >= 4 is 12.2 Å². The van der Waals surface area contributed by atoms with Crippen molar-refractivity contribution in [1.82, 2.24) is 15.8 Å². The molecule has 0 aliphatic carbocycles. The fourth-order valence-corrected chi connectivity index (χ4v) is 3.51. The Morgan fingerprint density at radius 1 is 0.824 bits per heavy atom. The van der Waals surface area contributed by atoms with E-state index in [-0.39, 0.29) is 19.7 Å². The SMILES string of the molecule is O=C(O)NN(Cc1ccccc1)C[C@H](O)[C@H](Cc1ccccc1)NC(=O)OCc1ccccc1. The molecule has 0 saturated carbocycles. The number of hydrogen-bond acceptors (Lipinski definition) is 5. The first-order valence-electron chi connectivity index (χ1n) is 11.0. The summed E-state index contributed by atoms with van der Waals surface area (Å²) in [5.74, 6) is 0. The van der Waals surface area contributed by atoms with Gasteiger partial charge in [-0.1, -0.05) is 91.0 Å². The molecule has 8 heteroatoms. The van der Waals surface area contributed by atoms with Crippen LogP contribution in [0.3, 0.4) is 0 Å². The number of alkyl carbamates (subject to hydrolysis) is 1. The highest BCUT2D eigenvalue weighted by Crippen LogP contribution is 2.11. The van der Waals surface area contributed by atoms with Crippen LogP contribution in [0.4, 0.5) is 9.59 Å². The Balaban J connectivity index is 1.68. The molecule has 34 heavy (non-hydrogen) atoms. The number of nitrogens with one attached hydrogen (secondary N) is 2. The number of rotatable bonds is 11. The standard InChI is InChI=1S/C26H29N3O5/c30-24(18-29(28-25(31)32)17-21-12-6-2-7-13-21)23(16-20-10-4-1-5-11-20)27-26(33)34-19-22-14-8-3-9-15-22/h1-15,23-24,28,30H,16-19H2,(H,27,33)(H,31,32)/t23-,24-/m0/s1. The molecule has 0 fully saturated rings. The second-order valence-electron chi connectivity index (χ2n) is 7.85. The van der Waals surface area contributed by atoms with Crippen LogP contribution in [-0.2, 0) is 24.3 Å². The normalized spacial score (nSPS) is 12.5. The predicted molar refractivity (Wildman–Crippen MR) is 128 cm³/mol. The third-order valence-electron chi connectivity index (χ3n) is 5.16. The van der Waals surface area contributed by atoms with Gasteiger partial charge in [-0.3, -0.25) is 5.43 Å². The fraction of sp³-hybridized carbons (Fsp3) is 0.231. The molecule has 3 aromatic carbocycles. The molecule has 0 heterocycles. The minimum Gasteiger partial charge on any atom is -0.464 e. The number of aliphatic hydroxyl groups excluding tert-OH is 1. The van der Waals surface area contributed by atoms with Gasteiger partial charge in [-0.05, 0) is 23.1 Å². The summed E-state index contributed by atoms with van der Waals surface area (Å²) >= 11 is 0. The number of nitrogens with zero attached hydrogens (tertiary/aromatic N) is 1. The molecule has 3 rings (SSSR count). The first kappa shape index (κ1) is 24.8. The number of carbonyl (C=O) groups is 2. The highest BCUT2D eigenvalue weighted by Gasteiger charge is 2.25. The third kappa shape index (κ3) is 8.57. The highest BCUT2D eigenvalue weighted by molar-refractivity contribution is 5.67. The van der Waals surface area contributed by atoms with E-state index in [1.54, 1.807) is 0 Å². The number of benzene rings is 3. The van der Waals surface area contributed by atoms with Crippen molar-refractivity contribution in [3.05, 3.63) is 108 Å². The third-order valence-corrected chi connectivity index (χ3v) is 5.16. The number of amides is 2. The maximum absolute atomic E-state index is 12.5. The van der Waals surface area contributed by atoms with Crippen LogP contribution in [0.15, 0.2) is 91.0 Å². The summed E-state index contributed by atoms with van der Waals surface area (Å²) in [5, 5.41) is 24.4. The summed E-state index contributed by atoms with van der Waals surface area (Å²) in [6.07, 6.45) is -2.64. The van der Waals surface area contributed by atoms with Gasteiger partial charge in [-0.15, -0.1) is 0 Å². The lowest BCUT2D eigenvalue weighted by molar-refractivity contribution is 0.0478. The Morgan fingerprint density at radius 3 is 1.91 bits per heavy atom. The molecular formula is C26H29N3O5. The highest BCUT2D eigenvalue weighted by atomic mass is 16.5. The van der Waals surface area contributed by atoms with Crippen LogP contribution in [0.25, 0.3) is 0 Å². The Hall–Kier alpha value is -3.88. The zero-order valence-electron chi connectivity index (χ0n) is 18.7. The summed E-state index contributed by atoms with van der Waals surface area (Å²) in [7, 11) is 0. The van der Waals surface area contributed by atoms with Crippen LogP contribution < -0.4 is 10.7 Å². The van der Waals surface area contributed by atoms with Crippen molar-refractivity contribution in [3.63, 3.8) is 0 Å². The Morgan fingerprint density at radius 2 is 1.35 bits per heavy atom. The fourth-order valence-electron chi connectivity index (χ4n) is 3.51. The number of aliphatic hydroxyl groups is 1. The molecule has 0 saturated heterocycles. The molecule has 4 N–H and O–H groups in total. The van der Waals surface area contributed by atoms with Gasteiger partial charge in [0.05, 0.1) is 12.1 Å². The van der Waals surface area contributed by atoms with Crippen molar-refractivity contribution < 1.29 is 24.5 Å². The van der Waals surface area contributed by atoms with E-state index in [2.05, 4.69) is 10.7 Å². The van der Waals surface area contributed by atoms with Gasteiger partial charge >= 0.3 is 12.2 Å². The van der Waals surface area contributed by atoms with Gasteiger partial charge < -0.3 is 20.3 Å². The molecule has 0 aliphatic rings. The van der Waals surface area contributed by atoms with Gasteiger partial charge in [0, 0.05) is 13.1 Å². The molecule has 0 radical (unpaired) electrons. The molecular weight excluding hydrogens is 434 g/mol. The lowest BCUT2D eigenvalue weighted by atomic mass is 10.0. The summed E-state index contributed by atoms with van der Waals surface area (Å²) < 4.78 is 5.33. The first-order valence-corrected chi connectivity index (χ1v) is 11.0. The number of hydrazine groups is 1. The number of carbonyl (C=O) groups excluding carboxylic acids is 1. The second kappa shape index (κ2) is 13.0. The van der Waals surface area contributed by atoms with E-state index in [0.717, 1.165) is 16.7 Å². The maximum Gasteiger partial charge on any atom is 0.419 e. The lowest BCUT2D eigenvalue weighted by Crippen LogP contribution is -2.52. The van der Waals surface area contributed by atoms with Crippen LogP contribution >= 0.6 is 0 Å². The van der Waals surface area contributed by atoms with E-state index >= 15 is 0 Å². The molecule has 0 aliphatic heterocycles. The van der Waals surface area contributed by atoms with Crippen molar-refractivity contribution in [1.29, 1.82) is 0 Å². The van der Waals surface area contributed by atoms with Gasteiger partial charge in [0.2, 0.25) is 0 Å². The average Bonchev–Trinajstić information content (AvgIpc) is 2.84. The maximum atomic E-state index is 12.5. The van der Waals surface area contributed by atoms with Crippen LogP contribution in [0.2, 0.25) is 0 Å². The number of hydrogen-bond donors (Lipinski definition) is 4. The van der Waals surface area contributed by atoms with Crippen LogP contribution in [0, 0.1) is 0 Å². The minimum absolute atomic E-state index is 0.0440. The van der Waals surface area contributed by atoms with Crippen LogP contribution in [0.5, 0.6) is 0 Å². The monoisotopic (exact) mass is 463 g/mol. The Labute approximate surface area is 198 Å². The van der Waals surface area contributed by atoms with Crippen LogP contribution in [-0.4, -0.2) is 46.1 Å². The minimum atomic E-state index is -1.24. The zero-order valence-corrected chi connectivity index (χ0v) is 18.7. The molecule has 2 amide bonds. The summed E-state index contributed by atoms with van der Waals surface area (Å²) in [6.45, 7) is 0.305. The van der Waals surface area contributed by atoms with E-state index in [1.807, 2.05) is 91.0 Å². The van der Waals surface area contributed by atoms with Crippen molar-refractivity contribution in [2.24, 2.45) is 0 Å². The van der Waals surface area contributed by atoms with E-state index in [1.165, 1.54) is 5.01 Å². The molecule has 0 aromatic heterocycles. The van der Waals surface area contributed by atoms with E-state index in [0.29, 0.717) is 6.42 Å². The topological polar surface area (TPSA) is 111 Å². The quantitative estimate of drug-likeness (QED) is 0.324. The molecule has 178 valence electrons. The molecule has 2 atom stereocenters. The van der Waals surface area contributed by atoms with E-state index in [4.69, 9.17) is 4.74 Å². The van der Waals surface area contributed by atoms with Crippen molar-refractivity contribution in [3.8, 4) is 0 Å². The van der Waals surface area contributed by atoms with Gasteiger partial charge in [0.25, 0.3) is 0 Å². The smallest absolute Gasteiger partial charge is 0.419 e. The van der Waals surface area contributed by atoms with Crippen molar-refractivity contribution in [2.45, 2.75) is 31.7 Å². The van der Waals surface area contributed by atoms with Gasteiger partial charge in [0.15, 0.2) is 0 Å². The van der Waals surface area contributed by atoms with Gasteiger partial charge in [-0.2, -0.15) is 0 Å². The predicted octanol–water partition coefficient (Wildman–Crippen LogP) is 3.57. The number of ether oxygens (including phenoxy) is 1. The zero-order chi connectivity index (χ0) is 24.2. The lowest BCUT2D eigenvalue weighted by Gasteiger charge is -2.29. The van der Waals surface area contributed by atoms with Crippen LogP contribution in [0.1, 0.15) is 16.7 Å². The average molecular weight is 464 g/mol. The summed E-state index contributed by atoms with van der Waals surface area (Å²) in [4.78, 5) is 23.8. The summed E-state index contributed by atoms with van der Waals surface area (Å²) in [5.41, 5.74) is 4.96. The summed E-state index contributed by atoms with van der Waals surface area (Å²) in [6, 6.07) is 27.3. The number of carboxylic acid groups (broad SMARTS) is 1. The molecule has 0 spiro atoms. The largest absolute Gasteiger partial charge is 0.464 e. The van der Waals surface area contributed by atoms with E-state index in [9.17, 15) is 19.8 Å². The Kier molecular flexibility index (Phi) is 9.45. The second-order valence-corrected chi connectivity index (χ2v) is 7.85. The van der Waals surface area contributed by atoms with Gasteiger partial charge in [-0.25, -0.2) is 14.6 Å². The Bertz CT molecular complexity index is 1020. The first-order chi connectivity index (χ1) is 16.5. The molecule has 3 aromatic rings. The van der Waals surface area contributed by atoms with E-state index < -0.39 is 24.3 Å².